The molecular formula is C43H40N4. The van der Waals surface area contributed by atoms with Crippen LogP contribution in [0.4, 0.5) is 0 Å². The summed E-state index contributed by atoms with van der Waals surface area (Å²) >= 11 is 0. The summed E-state index contributed by atoms with van der Waals surface area (Å²) in [7, 11) is 0. The van der Waals surface area contributed by atoms with Gasteiger partial charge >= 0.3 is 0 Å². The Labute approximate surface area is 277 Å². The van der Waals surface area contributed by atoms with Gasteiger partial charge in [-0.15, -0.1) is 5.73 Å². The summed E-state index contributed by atoms with van der Waals surface area (Å²) in [5, 5.41) is 0. The van der Waals surface area contributed by atoms with Crippen LogP contribution in [-0.4, -0.2) is 19.9 Å². The zero-order valence-electron chi connectivity index (χ0n) is 27.5. The predicted molar refractivity (Wildman–Crippen MR) is 201 cm³/mol. The summed E-state index contributed by atoms with van der Waals surface area (Å²) < 4.78 is 0. The Bertz CT molecular complexity index is 2190. The molecule has 7 rings (SSSR count). The Kier molecular flexibility index (Phi) is 8.44. The molecule has 47 heavy (non-hydrogen) atoms. The van der Waals surface area contributed by atoms with Crippen LogP contribution in [0.25, 0.3) is 74.7 Å². The molecule has 4 nitrogen and oxygen atoms in total. The number of fused-ring (bicyclic) bond motifs is 8. The van der Waals surface area contributed by atoms with Crippen molar-refractivity contribution in [3.8, 4) is 22.3 Å². The quantitative estimate of drug-likeness (QED) is 0.132. The average Bonchev–Trinajstić information content (AvgIpc) is 3.91. The van der Waals surface area contributed by atoms with Gasteiger partial charge in [-0.2, -0.15) is 0 Å². The zero-order chi connectivity index (χ0) is 32.3. The minimum absolute atomic E-state index is 0.863. The van der Waals surface area contributed by atoms with Crippen molar-refractivity contribution in [2.24, 2.45) is 0 Å². The van der Waals surface area contributed by atoms with Crippen molar-refractivity contribution in [2.75, 3.05) is 0 Å². The minimum atomic E-state index is 0.863. The molecule has 0 atom stereocenters. The van der Waals surface area contributed by atoms with Gasteiger partial charge in [-0.3, -0.25) is 0 Å². The topological polar surface area (TPSA) is 57.4 Å². The molecule has 5 aromatic rings. The van der Waals surface area contributed by atoms with Crippen LogP contribution in [0.15, 0.2) is 85.1 Å². The standard InChI is InChI=1S/C43H40N4/c1-5-7-8-9-11-33-36-22-26-40(46-36)42(30-16-12-28(3)13-17-30)38-24-20-34(44-38)32(10-6-2)35-21-25-39(45-35)43(41-27-23-37(33)47-41)31-18-14-29(4)15-19-31/h10,12-27,44,47H,2,5,7-9,11H2,1,3-4H3. The number of rotatable bonds is 8. The maximum Gasteiger partial charge on any atom is 0.0737 e. The van der Waals surface area contributed by atoms with Crippen molar-refractivity contribution in [1.29, 1.82) is 0 Å². The molecule has 3 aromatic heterocycles. The Morgan fingerprint density at radius 2 is 1.11 bits per heavy atom. The summed E-state index contributed by atoms with van der Waals surface area (Å²) in [4.78, 5) is 18.1. The van der Waals surface area contributed by atoms with Crippen LogP contribution in [0.2, 0.25) is 0 Å². The molecule has 4 heteroatoms. The third kappa shape index (κ3) is 6.08. The maximum absolute atomic E-state index is 5.35. The van der Waals surface area contributed by atoms with Gasteiger partial charge in [0, 0.05) is 44.3 Å². The normalized spacial score (nSPS) is 12.0. The fourth-order valence-corrected chi connectivity index (χ4v) is 6.58. The van der Waals surface area contributed by atoms with Gasteiger partial charge < -0.3 is 9.97 Å². The summed E-state index contributed by atoms with van der Waals surface area (Å²) in [6.45, 7) is 10.4. The molecule has 0 radical (unpaired) electrons. The Morgan fingerprint density at radius 3 is 1.70 bits per heavy atom. The van der Waals surface area contributed by atoms with Gasteiger partial charge in [-0.05, 0) is 92.5 Å². The van der Waals surface area contributed by atoms with E-state index >= 15 is 0 Å². The highest BCUT2D eigenvalue weighted by Gasteiger charge is 2.17. The highest BCUT2D eigenvalue weighted by Crippen LogP contribution is 2.35. The van der Waals surface area contributed by atoms with Crippen LogP contribution in [0.1, 0.15) is 77.6 Å². The second-order valence-electron chi connectivity index (χ2n) is 12.5. The maximum atomic E-state index is 5.35. The first kappa shape index (κ1) is 30.2. The van der Waals surface area contributed by atoms with Gasteiger partial charge in [0.15, 0.2) is 0 Å². The first-order valence-electron chi connectivity index (χ1n) is 16.7. The van der Waals surface area contributed by atoms with E-state index in [1.165, 1.54) is 36.0 Å². The molecule has 2 aliphatic rings. The fourth-order valence-electron chi connectivity index (χ4n) is 6.58. The number of nitrogens with zero attached hydrogens (tertiary/aromatic N) is 2. The van der Waals surface area contributed by atoms with Crippen molar-refractivity contribution in [3.05, 3.63) is 130 Å². The van der Waals surface area contributed by atoms with Crippen LogP contribution < -0.4 is 0 Å². The van der Waals surface area contributed by atoms with E-state index in [9.17, 15) is 0 Å². The molecule has 0 saturated carbocycles. The number of aromatic amines is 2. The molecule has 5 heterocycles. The number of unbranched alkanes of at least 4 members (excludes halogenated alkanes) is 3. The molecule has 0 fully saturated rings. The molecule has 8 bridgehead atoms. The summed E-state index contributed by atoms with van der Waals surface area (Å²) in [5.41, 5.74) is 19.8. The van der Waals surface area contributed by atoms with Gasteiger partial charge in [0.2, 0.25) is 0 Å². The molecule has 2 aliphatic heterocycles. The summed E-state index contributed by atoms with van der Waals surface area (Å²) in [6, 6.07) is 26.1. The highest BCUT2D eigenvalue weighted by molar-refractivity contribution is 5.95. The lowest BCUT2D eigenvalue weighted by molar-refractivity contribution is 0.667. The number of aromatic nitrogens is 4. The van der Waals surface area contributed by atoms with Crippen molar-refractivity contribution in [3.63, 3.8) is 0 Å². The smallest absolute Gasteiger partial charge is 0.0737 e. The van der Waals surface area contributed by atoms with Crippen LogP contribution in [0.3, 0.4) is 0 Å². The lowest BCUT2D eigenvalue weighted by Gasteiger charge is -2.06. The Morgan fingerprint density at radius 1 is 0.596 bits per heavy atom. The van der Waals surface area contributed by atoms with Gasteiger partial charge in [0.05, 0.1) is 22.8 Å². The first-order chi connectivity index (χ1) is 23.0. The third-order valence-electron chi connectivity index (χ3n) is 9.11. The zero-order valence-corrected chi connectivity index (χ0v) is 27.5. The first-order valence-corrected chi connectivity index (χ1v) is 16.7. The number of aryl methyl sites for hydroxylation is 3. The molecule has 0 spiro atoms. The second kappa shape index (κ2) is 13.1. The van der Waals surface area contributed by atoms with E-state index in [0.717, 1.165) is 85.5 Å². The number of hydrogen-bond donors (Lipinski definition) is 2. The molecule has 0 unspecified atom stereocenters. The van der Waals surface area contributed by atoms with Gasteiger partial charge in [0.25, 0.3) is 0 Å². The number of nitrogens with one attached hydrogen (secondary N) is 2. The SMILES string of the molecule is C=C=Cc1c2nc(c(-c3ccc(C)cc3)c3ccc([nH]3)c(CCCCCC)c3nc(c(-c4ccc(C)cc4)c4ccc1[nH]4)C=C3)C=C2. The highest BCUT2D eigenvalue weighted by atomic mass is 14.8. The van der Waals surface area contributed by atoms with E-state index in [1.54, 1.807) is 0 Å². The molecule has 0 aliphatic carbocycles. The minimum Gasteiger partial charge on any atom is -0.355 e. The lowest BCUT2D eigenvalue weighted by Crippen LogP contribution is -1.93. The molecule has 2 aromatic carbocycles. The van der Waals surface area contributed by atoms with E-state index in [2.05, 4.69) is 140 Å². The third-order valence-corrected chi connectivity index (χ3v) is 9.11. The van der Waals surface area contributed by atoms with E-state index in [0.29, 0.717) is 0 Å². The van der Waals surface area contributed by atoms with Crippen LogP contribution in [0.5, 0.6) is 0 Å². The van der Waals surface area contributed by atoms with E-state index in [1.807, 2.05) is 6.08 Å². The molecular weight excluding hydrogens is 573 g/mol. The largest absolute Gasteiger partial charge is 0.355 e. The predicted octanol–water partition coefficient (Wildman–Crippen LogP) is 11.5. The van der Waals surface area contributed by atoms with Gasteiger partial charge in [0.1, 0.15) is 0 Å². The summed E-state index contributed by atoms with van der Waals surface area (Å²) in [6.07, 6.45) is 16.2. The van der Waals surface area contributed by atoms with Crippen LogP contribution >= 0.6 is 0 Å². The Hall–Kier alpha value is -5.44. The van der Waals surface area contributed by atoms with Crippen molar-refractivity contribution in [1.82, 2.24) is 19.9 Å². The van der Waals surface area contributed by atoms with Crippen molar-refractivity contribution < 1.29 is 0 Å². The average molecular weight is 613 g/mol. The van der Waals surface area contributed by atoms with Gasteiger partial charge in [-0.25, -0.2) is 9.97 Å². The lowest BCUT2D eigenvalue weighted by atomic mass is 10.0. The van der Waals surface area contributed by atoms with Crippen LogP contribution in [-0.2, 0) is 6.42 Å². The molecule has 232 valence electrons. The van der Waals surface area contributed by atoms with E-state index in [-0.39, 0.29) is 0 Å². The summed E-state index contributed by atoms with van der Waals surface area (Å²) in [5.74, 6) is 0. The number of benzene rings is 2. The monoisotopic (exact) mass is 612 g/mol. The molecule has 2 N–H and O–H groups in total. The van der Waals surface area contributed by atoms with E-state index in [4.69, 9.17) is 9.97 Å². The molecule has 0 saturated heterocycles. The Balaban J connectivity index is 1.61. The second-order valence-corrected chi connectivity index (χ2v) is 12.5. The fraction of sp³-hybridized carbons (Fsp3) is 0.186. The van der Waals surface area contributed by atoms with Gasteiger partial charge in [-0.1, -0.05) is 92.4 Å². The van der Waals surface area contributed by atoms with Crippen molar-refractivity contribution >= 4 is 52.4 Å². The van der Waals surface area contributed by atoms with Crippen molar-refractivity contribution in [2.45, 2.75) is 52.9 Å². The van der Waals surface area contributed by atoms with Crippen LogP contribution in [0, 0.1) is 13.8 Å². The number of H-pyrrole nitrogens is 2. The molecule has 0 amide bonds. The van der Waals surface area contributed by atoms with E-state index < -0.39 is 0 Å². The number of hydrogen-bond acceptors (Lipinski definition) is 2.